The standard InChI is InChI=1S/C19H18N2O/c1-14(22)19(20-12-15-7-3-2-4-8-15)11-16-13-21-18-10-6-5-9-17(16)18/h2-10,12-13,19,21H,11H2,1H3. The molecule has 2 aromatic carbocycles. The summed E-state index contributed by atoms with van der Waals surface area (Å²) in [5.74, 6) is 0.0810. The van der Waals surface area contributed by atoms with Gasteiger partial charge in [-0.3, -0.25) is 9.79 Å². The highest BCUT2D eigenvalue weighted by atomic mass is 16.1. The Balaban J connectivity index is 1.83. The van der Waals surface area contributed by atoms with Crippen LogP contribution < -0.4 is 0 Å². The molecule has 110 valence electrons. The lowest BCUT2D eigenvalue weighted by atomic mass is 10.0. The highest BCUT2D eigenvalue weighted by molar-refractivity contribution is 5.88. The predicted octanol–water partition coefficient (Wildman–Crippen LogP) is 3.79. The Morgan fingerprint density at radius 3 is 2.64 bits per heavy atom. The van der Waals surface area contributed by atoms with Gasteiger partial charge in [0.1, 0.15) is 6.04 Å². The van der Waals surface area contributed by atoms with Crippen LogP contribution in [-0.4, -0.2) is 23.0 Å². The normalized spacial score (nSPS) is 12.8. The topological polar surface area (TPSA) is 45.2 Å². The van der Waals surface area contributed by atoms with Gasteiger partial charge in [-0.15, -0.1) is 0 Å². The van der Waals surface area contributed by atoms with Crippen molar-refractivity contribution in [2.24, 2.45) is 4.99 Å². The van der Waals surface area contributed by atoms with E-state index in [1.54, 1.807) is 13.1 Å². The van der Waals surface area contributed by atoms with Gasteiger partial charge in [0.25, 0.3) is 0 Å². The van der Waals surface area contributed by atoms with Gasteiger partial charge in [0.2, 0.25) is 0 Å². The molecule has 3 nitrogen and oxygen atoms in total. The minimum Gasteiger partial charge on any atom is -0.361 e. The summed E-state index contributed by atoms with van der Waals surface area (Å²) in [6.07, 6.45) is 4.36. The fraction of sp³-hybridized carbons (Fsp3) is 0.158. The molecular formula is C19H18N2O. The molecule has 22 heavy (non-hydrogen) atoms. The highest BCUT2D eigenvalue weighted by Gasteiger charge is 2.15. The van der Waals surface area contributed by atoms with Gasteiger partial charge in [-0.2, -0.15) is 0 Å². The quantitative estimate of drug-likeness (QED) is 0.714. The number of carbonyl (C=O) groups is 1. The lowest BCUT2D eigenvalue weighted by molar-refractivity contribution is -0.118. The molecule has 3 heteroatoms. The van der Waals surface area contributed by atoms with Crippen molar-refractivity contribution >= 4 is 22.9 Å². The third kappa shape index (κ3) is 3.14. The average Bonchev–Trinajstić information content (AvgIpc) is 2.95. The van der Waals surface area contributed by atoms with E-state index in [-0.39, 0.29) is 11.8 Å². The van der Waals surface area contributed by atoms with Crippen molar-refractivity contribution < 1.29 is 4.79 Å². The Labute approximate surface area is 129 Å². The SMILES string of the molecule is CC(=O)C(Cc1c[nH]c2ccccc12)N=Cc1ccccc1. The number of fused-ring (bicyclic) bond motifs is 1. The fourth-order valence-corrected chi connectivity index (χ4v) is 2.53. The number of nitrogens with one attached hydrogen (secondary N) is 1. The summed E-state index contributed by atoms with van der Waals surface area (Å²) in [6.45, 7) is 1.60. The van der Waals surface area contributed by atoms with Gasteiger partial charge in [0, 0.05) is 29.7 Å². The highest BCUT2D eigenvalue weighted by Crippen LogP contribution is 2.20. The van der Waals surface area contributed by atoms with Crippen LogP contribution in [0.1, 0.15) is 18.1 Å². The van der Waals surface area contributed by atoms with Crippen molar-refractivity contribution in [1.82, 2.24) is 4.98 Å². The van der Waals surface area contributed by atoms with Gasteiger partial charge in [-0.25, -0.2) is 0 Å². The minimum absolute atomic E-state index is 0.0810. The van der Waals surface area contributed by atoms with Crippen molar-refractivity contribution in [2.75, 3.05) is 0 Å². The Morgan fingerprint density at radius 2 is 1.86 bits per heavy atom. The number of carbonyl (C=O) groups excluding carboxylic acids is 1. The Hall–Kier alpha value is -2.68. The van der Waals surface area contributed by atoms with Crippen molar-refractivity contribution in [3.63, 3.8) is 0 Å². The van der Waals surface area contributed by atoms with Crippen LogP contribution in [0, 0.1) is 0 Å². The molecule has 3 rings (SSSR count). The molecule has 0 aliphatic heterocycles. The molecule has 0 spiro atoms. The van der Waals surface area contributed by atoms with Crippen LogP contribution in [0.5, 0.6) is 0 Å². The first-order valence-electron chi connectivity index (χ1n) is 7.38. The summed E-state index contributed by atoms with van der Waals surface area (Å²) < 4.78 is 0. The largest absolute Gasteiger partial charge is 0.361 e. The zero-order valence-corrected chi connectivity index (χ0v) is 12.5. The maximum absolute atomic E-state index is 11.9. The number of nitrogens with zero attached hydrogens (tertiary/aromatic N) is 1. The minimum atomic E-state index is -0.348. The van der Waals surface area contributed by atoms with Gasteiger partial charge in [-0.1, -0.05) is 48.5 Å². The van der Waals surface area contributed by atoms with E-state index in [0.717, 1.165) is 22.0 Å². The van der Waals surface area contributed by atoms with E-state index < -0.39 is 0 Å². The van der Waals surface area contributed by atoms with Crippen LogP contribution in [0.4, 0.5) is 0 Å². The van der Waals surface area contributed by atoms with Crippen LogP contribution in [0.15, 0.2) is 65.8 Å². The van der Waals surface area contributed by atoms with E-state index in [0.29, 0.717) is 6.42 Å². The fourth-order valence-electron chi connectivity index (χ4n) is 2.53. The molecule has 0 bridgehead atoms. The van der Waals surface area contributed by atoms with Crippen LogP contribution in [0.2, 0.25) is 0 Å². The number of hydrogen-bond donors (Lipinski definition) is 1. The molecule has 1 unspecified atom stereocenters. The van der Waals surface area contributed by atoms with Gasteiger partial charge in [-0.05, 0) is 24.1 Å². The van der Waals surface area contributed by atoms with Gasteiger partial charge in [0.05, 0.1) is 0 Å². The molecule has 0 saturated heterocycles. The number of benzene rings is 2. The molecule has 1 N–H and O–H groups in total. The number of rotatable bonds is 5. The average molecular weight is 290 g/mol. The smallest absolute Gasteiger partial charge is 0.154 e. The molecular weight excluding hydrogens is 272 g/mol. The molecule has 1 atom stereocenters. The second kappa shape index (κ2) is 6.39. The number of hydrogen-bond acceptors (Lipinski definition) is 2. The second-order valence-electron chi connectivity index (χ2n) is 5.38. The van der Waals surface area contributed by atoms with Crippen LogP contribution in [-0.2, 0) is 11.2 Å². The molecule has 0 amide bonds. The predicted molar refractivity (Wildman–Crippen MR) is 90.5 cm³/mol. The Kier molecular flexibility index (Phi) is 4.15. The number of aliphatic imine (C=N–C) groups is 1. The van der Waals surface area contributed by atoms with E-state index >= 15 is 0 Å². The van der Waals surface area contributed by atoms with E-state index in [9.17, 15) is 4.79 Å². The van der Waals surface area contributed by atoms with E-state index in [2.05, 4.69) is 16.0 Å². The van der Waals surface area contributed by atoms with Gasteiger partial charge >= 0.3 is 0 Å². The van der Waals surface area contributed by atoms with Crippen LogP contribution >= 0.6 is 0 Å². The van der Waals surface area contributed by atoms with E-state index in [1.165, 1.54) is 0 Å². The first kappa shape index (κ1) is 14.3. The number of Topliss-reactive ketones (excluding diaryl/α,β-unsaturated/α-hetero) is 1. The van der Waals surface area contributed by atoms with Crippen molar-refractivity contribution in [3.05, 3.63) is 71.9 Å². The summed E-state index contributed by atoms with van der Waals surface area (Å²) in [5, 5.41) is 1.16. The molecule has 0 radical (unpaired) electrons. The van der Waals surface area contributed by atoms with Crippen molar-refractivity contribution in [1.29, 1.82) is 0 Å². The van der Waals surface area contributed by atoms with E-state index in [4.69, 9.17) is 0 Å². The number of aromatic amines is 1. The third-order valence-corrected chi connectivity index (χ3v) is 3.76. The Bertz CT molecular complexity index is 802. The first-order valence-corrected chi connectivity index (χ1v) is 7.38. The summed E-state index contributed by atoms with van der Waals surface area (Å²) in [6, 6.07) is 17.6. The molecule has 1 aromatic heterocycles. The first-order chi connectivity index (χ1) is 10.7. The zero-order chi connectivity index (χ0) is 15.4. The molecule has 0 saturated carbocycles. The molecule has 0 fully saturated rings. The third-order valence-electron chi connectivity index (χ3n) is 3.76. The second-order valence-corrected chi connectivity index (χ2v) is 5.38. The van der Waals surface area contributed by atoms with Gasteiger partial charge in [0.15, 0.2) is 5.78 Å². The molecule has 0 aliphatic rings. The molecule has 1 heterocycles. The summed E-state index contributed by atoms with van der Waals surface area (Å²) in [5.41, 5.74) is 3.22. The van der Waals surface area contributed by atoms with Crippen molar-refractivity contribution in [2.45, 2.75) is 19.4 Å². The number of ketones is 1. The lowest BCUT2D eigenvalue weighted by Gasteiger charge is -2.08. The molecule has 0 aliphatic carbocycles. The summed E-state index contributed by atoms with van der Waals surface area (Å²) in [4.78, 5) is 19.6. The maximum Gasteiger partial charge on any atom is 0.154 e. The van der Waals surface area contributed by atoms with Crippen LogP contribution in [0.3, 0.4) is 0 Å². The van der Waals surface area contributed by atoms with Crippen molar-refractivity contribution in [3.8, 4) is 0 Å². The monoisotopic (exact) mass is 290 g/mol. The maximum atomic E-state index is 11.9. The number of aromatic nitrogens is 1. The number of H-pyrrole nitrogens is 1. The lowest BCUT2D eigenvalue weighted by Crippen LogP contribution is -2.18. The zero-order valence-electron chi connectivity index (χ0n) is 12.5. The van der Waals surface area contributed by atoms with E-state index in [1.807, 2.05) is 54.7 Å². The summed E-state index contributed by atoms with van der Waals surface area (Å²) >= 11 is 0. The van der Waals surface area contributed by atoms with Gasteiger partial charge < -0.3 is 4.98 Å². The van der Waals surface area contributed by atoms with Crippen LogP contribution in [0.25, 0.3) is 10.9 Å². The Morgan fingerprint density at radius 1 is 1.14 bits per heavy atom. The molecule has 3 aromatic rings. The number of para-hydroxylation sites is 1. The summed E-state index contributed by atoms with van der Waals surface area (Å²) in [7, 11) is 0.